The summed E-state index contributed by atoms with van der Waals surface area (Å²) < 4.78 is 1.03. The average molecular weight is 303 g/mol. The number of pyridine rings is 1. The van der Waals surface area contributed by atoms with Gasteiger partial charge in [0.15, 0.2) is 5.65 Å². The summed E-state index contributed by atoms with van der Waals surface area (Å²) in [6.07, 6.45) is 0. The molecule has 0 bridgehead atoms. The Kier molecular flexibility index (Phi) is 2.56. The molecule has 1 aromatic carbocycles. The smallest absolute Gasteiger partial charge is 0.183 e. The Morgan fingerprint density at radius 3 is 2.89 bits per heavy atom. The molecule has 0 spiro atoms. The minimum Gasteiger partial charge on any atom is -0.383 e. The van der Waals surface area contributed by atoms with Crippen LogP contribution in [0.3, 0.4) is 0 Å². The van der Waals surface area contributed by atoms with Crippen molar-refractivity contribution in [3.8, 4) is 11.1 Å². The molecule has 18 heavy (non-hydrogen) atoms. The Morgan fingerprint density at radius 1 is 1.28 bits per heavy atom. The van der Waals surface area contributed by atoms with Gasteiger partial charge in [-0.05, 0) is 36.2 Å². The summed E-state index contributed by atoms with van der Waals surface area (Å²) in [6, 6.07) is 10.1. The summed E-state index contributed by atoms with van der Waals surface area (Å²) in [5.41, 5.74) is 9.65. The SMILES string of the molecule is Cc1cc(-c2cccc(Br)c2)c2c(N)[nH]nc2n1. The van der Waals surface area contributed by atoms with E-state index in [-0.39, 0.29) is 0 Å². The van der Waals surface area contributed by atoms with Gasteiger partial charge in [0, 0.05) is 10.2 Å². The molecule has 0 atom stereocenters. The van der Waals surface area contributed by atoms with E-state index in [1.807, 2.05) is 31.2 Å². The predicted octanol–water partition coefficient (Wildman–Crippen LogP) is 3.28. The van der Waals surface area contributed by atoms with Crippen molar-refractivity contribution in [2.45, 2.75) is 6.92 Å². The van der Waals surface area contributed by atoms with E-state index in [0.717, 1.165) is 26.7 Å². The van der Waals surface area contributed by atoms with Gasteiger partial charge >= 0.3 is 0 Å². The van der Waals surface area contributed by atoms with Crippen LogP contribution >= 0.6 is 15.9 Å². The van der Waals surface area contributed by atoms with Crippen LogP contribution in [-0.2, 0) is 0 Å². The average Bonchev–Trinajstić information content (AvgIpc) is 2.70. The number of rotatable bonds is 1. The molecular formula is C13H11BrN4. The van der Waals surface area contributed by atoms with Gasteiger partial charge in [-0.1, -0.05) is 28.1 Å². The Balaban J connectivity index is 2.37. The lowest BCUT2D eigenvalue weighted by atomic mass is 10.0. The summed E-state index contributed by atoms with van der Waals surface area (Å²) in [5, 5.41) is 7.77. The topological polar surface area (TPSA) is 67.6 Å². The number of aryl methyl sites for hydroxylation is 1. The molecule has 0 saturated carbocycles. The number of anilines is 1. The lowest BCUT2D eigenvalue weighted by molar-refractivity contribution is 1.09. The molecule has 90 valence electrons. The number of nitrogens with one attached hydrogen (secondary N) is 1. The van der Waals surface area contributed by atoms with Crippen molar-refractivity contribution in [2.24, 2.45) is 0 Å². The molecule has 4 nitrogen and oxygen atoms in total. The van der Waals surface area contributed by atoms with Crippen LogP contribution in [0.15, 0.2) is 34.8 Å². The second-order valence-electron chi connectivity index (χ2n) is 4.16. The first-order valence-electron chi connectivity index (χ1n) is 5.52. The number of benzene rings is 1. The van der Waals surface area contributed by atoms with E-state index in [2.05, 4.69) is 37.2 Å². The molecule has 5 heteroatoms. The van der Waals surface area contributed by atoms with E-state index in [0.29, 0.717) is 11.5 Å². The molecule has 2 heterocycles. The third-order valence-corrected chi connectivity index (χ3v) is 3.31. The number of aromatic amines is 1. The minimum absolute atomic E-state index is 0.549. The number of nitrogens with two attached hydrogens (primary N) is 1. The van der Waals surface area contributed by atoms with Gasteiger partial charge in [0.1, 0.15) is 5.82 Å². The van der Waals surface area contributed by atoms with Gasteiger partial charge < -0.3 is 5.73 Å². The Hall–Kier alpha value is -1.88. The fraction of sp³-hybridized carbons (Fsp3) is 0.0769. The van der Waals surface area contributed by atoms with Gasteiger partial charge in [0.25, 0.3) is 0 Å². The molecule has 0 aliphatic carbocycles. The highest BCUT2D eigenvalue weighted by atomic mass is 79.9. The zero-order chi connectivity index (χ0) is 12.7. The number of hydrogen-bond donors (Lipinski definition) is 2. The molecule has 3 N–H and O–H groups in total. The molecule has 0 aliphatic heterocycles. The lowest BCUT2D eigenvalue weighted by Crippen LogP contribution is -1.90. The molecule has 2 aromatic heterocycles. The number of nitrogens with zero attached hydrogens (tertiary/aromatic N) is 2. The molecule has 0 fully saturated rings. The number of aromatic nitrogens is 3. The van der Waals surface area contributed by atoms with Crippen molar-refractivity contribution in [3.63, 3.8) is 0 Å². The van der Waals surface area contributed by atoms with E-state index in [9.17, 15) is 0 Å². The number of nitrogen functional groups attached to an aromatic ring is 1. The minimum atomic E-state index is 0.549. The van der Waals surface area contributed by atoms with Gasteiger partial charge in [-0.3, -0.25) is 5.10 Å². The summed E-state index contributed by atoms with van der Waals surface area (Å²) in [5.74, 6) is 0.549. The maximum absolute atomic E-state index is 5.93. The Labute approximate surface area is 112 Å². The van der Waals surface area contributed by atoms with E-state index in [1.54, 1.807) is 0 Å². The van der Waals surface area contributed by atoms with Crippen molar-refractivity contribution in [1.82, 2.24) is 15.2 Å². The Morgan fingerprint density at radius 2 is 2.11 bits per heavy atom. The first-order chi connectivity index (χ1) is 8.65. The summed E-state index contributed by atoms with van der Waals surface area (Å²) >= 11 is 3.48. The maximum atomic E-state index is 5.93. The van der Waals surface area contributed by atoms with E-state index in [4.69, 9.17) is 5.73 Å². The van der Waals surface area contributed by atoms with Crippen LogP contribution in [0.5, 0.6) is 0 Å². The molecule has 3 aromatic rings. The Bertz CT molecular complexity index is 733. The van der Waals surface area contributed by atoms with Crippen LogP contribution in [0, 0.1) is 6.92 Å². The molecule has 0 saturated heterocycles. The first-order valence-corrected chi connectivity index (χ1v) is 6.31. The van der Waals surface area contributed by atoms with Crippen LogP contribution in [0.4, 0.5) is 5.82 Å². The second-order valence-corrected chi connectivity index (χ2v) is 5.07. The van der Waals surface area contributed by atoms with Crippen molar-refractivity contribution in [3.05, 3.63) is 40.5 Å². The van der Waals surface area contributed by atoms with Gasteiger partial charge in [0.2, 0.25) is 0 Å². The van der Waals surface area contributed by atoms with Crippen molar-refractivity contribution < 1.29 is 0 Å². The van der Waals surface area contributed by atoms with E-state index >= 15 is 0 Å². The zero-order valence-corrected chi connectivity index (χ0v) is 11.3. The third kappa shape index (κ3) is 1.76. The number of fused-ring (bicyclic) bond motifs is 1. The van der Waals surface area contributed by atoms with Crippen LogP contribution in [0.2, 0.25) is 0 Å². The quantitative estimate of drug-likeness (QED) is 0.725. The molecule has 0 amide bonds. The summed E-state index contributed by atoms with van der Waals surface area (Å²) in [7, 11) is 0. The van der Waals surface area contributed by atoms with Gasteiger partial charge in [-0.2, -0.15) is 5.10 Å². The van der Waals surface area contributed by atoms with Crippen molar-refractivity contribution in [2.75, 3.05) is 5.73 Å². The summed E-state index contributed by atoms with van der Waals surface area (Å²) in [6.45, 7) is 1.95. The first kappa shape index (κ1) is 11.2. The fourth-order valence-corrected chi connectivity index (χ4v) is 2.46. The van der Waals surface area contributed by atoms with Gasteiger partial charge in [-0.15, -0.1) is 0 Å². The molecule has 0 aliphatic rings. The van der Waals surface area contributed by atoms with Crippen LogP contribution < -0.4 is 5.73 Å². The summed E-state index contributed by atoms with van der Waals surface area (Å²) in [4.78, 5) is 4.37. The molecular weight excluding hydrogens is 292 g/mol. The van der Waals surface area contributed by atoms with E-state index < -0.39 is 0 Å². The predicted molar refractivity (Wildman–Crippen MR) is 76.2 cm³/mol. The zero-order valence-electron chi connectivity index (χ0n) is 9.74. The largest absolute Gasteiger partial charge is 0.383 e. The van der Waals surface area contributed by atoms with Crippen LogP contribution in [0.25, 0.3) is 22.2 Å². The normalized spacial score (nSPS) is 11.0. The molecule has 0 radical (unpaired) electrons. The number of H-pyrrole nitrogens is 1. The van der Waals surface area contributed by atoms with Crippen LogP contribution in [-0.4, -0.2) is 15.2 Å². The number of halogens is 1. The monoisotopic (exact) mass is 302 g/mol. The standard InChI is InChI=1S/C13H11BrN4/c1-7-5-10(8-3-2-4-9(14)6-8)11-12(15)17-18-13(11)16-7/h2-6H,1H3,(H3,15,16,17,18). The van der Waals surface area contributed by atoms with E-state index in [1.165, 1.54) is 0 Å². The number of hydrogen-bond acceptors (Lipinski definition) is 3. The molecule has 3 rings (SSSR count). The second kappa shape index (κ2) is 4.10. The fourth-order valence-electron chi connectivity index (χ4n) is 2.06. The van der Waals surface area contributed by atoms with Crippen LogP contribution in [0.1, 0.15) is 5.69 Å². The van der Waals surface area contributed by atoms with Crippen molar-refractivity contribution >= 4 is 32.8 Å². The van der Waals surface area contributed by atoms with Gasteiger partial charge in [-0.25, -0.2) is 4.98 Å². The maximum Gasteiger partial charge on any atom is 0.183 e. The third-order valence-electron chi connectivity index (χ3n) is 2.82. The van der Waals surface area contributed by atoms with Crippen molar-refractivity contribution in [1.29, 1.82) is 0 Å². The highest BCUT2D eigenvalue weighted by molar-refractivity contribution is 9.10. The lowest BCUT2D eigenvalue weighted by Gasteiger charge is -2.05. The highest BCUT2D eigenvalue weighted by Crippen LogP contribution is 2.32. The highest BCUT2D eigenvalue weighted by Gasteiger charge is 2.12. The molecule has 0 unspecified atom stereocenters. The van der Waals surface area contributed by atoms with Gasteiger partial charge in [0.05, 0.1) is 5.39 Å².